The van der Waals surface area contributed by atoms with Crippen molar-refractivity contribution in [3.05, 3.63) is 84.3 Å². The summed E-state index contributed by atoms with van der Waals surface area (Å²) in [6, 6.07) is 18.2. The van der Waals surface area contributed by atoms with Crippen LogP contribution >= 0.6 is 0 Å². The van der Waals surface area contributed by atoms with E-state index in [0.717, 1.165) is 0 Å². The molecule has 0 saturated heterocycles. The number of anilines is 1. The Morgan fingerprint density at radius 1 is 0.917 bits per heavy atom. The Balaban J connectivity index is 1.86. The molecule has 24 heavy (non-hydrogen) atoms. The summed E-state index contributed by atoms with van der Waals surface area (Å²) < 4.78 is 30.1. The lowest BCUT2D eigenvalue weighted by atomic mass is 10.2. The molecule has 3 rings (SSSR count). The van der Waals surface area contributed by atoms with Crippen molar-refractivity contribution in [1.29, 1.82) is 0 Å². The molecule has 1 heterocycles. The van der Waals surface area contributed by atoms with E-state index in [-0.39, 0.29) is 16.4 Å². The standard InChI is InChI=1S/C18H15NO4S/c20-18(17-11-6-12-23-17)19-16-10-5-4-7-14(16)13-24(21,22)15-8-2-1-3-9-15/h1-12H,13H2,(H,19,20). The van der Waals surface area contributed by atoms with Crippen LogP contribution in [0.2, 0.25) is 0 Å². The van der Waals surface area contributed by atoms with E-state index in [4.69, 9.17) is 4.42 Å². The Kier molecular flexibility index (Phi) is 4.48. The molecule has 0 aliphatic carbocycles. The number of para-hydroxylation sites is 1. The lowest BCUT2D eigenvalue weighted by Crippen LogP contribution is -2.14. The van der Waals surface area contributed by atoms with Crippen LogP contribution < -0.4 is 5.32 Å². The third-order valence-corrected chi connectivity index (χ3v) is 5.14. The van der Waals surface area contributed by atoms with Crippen LogP contribution in [0.1, 0.15) is 16.1 Å². The van der Waals surface area contributed by atoms with Crippen molar-refractivity contribution in [2.45, 2.75) is 10.6 Å². The Bertz CT molecular complexity index is 932. The molecule has 0 atom stereocenters. The van der Waals surface area contributed by atoms with Crippen LogP contribution in [-0.4, -0.2) is 14.3 Å². The van der Waals surface area contributed by atoms with Gasteiger partial charge in [0.25, 0.3) is 5.91 Å². The number of benzene rings is 2. The highest BCUT2D eigenvalue weighted by Crippen LogP contribution is 2.22. The zero-order valence-electron chi connectivity index (χ0n) is 12.7. The number of furan rings is 1. The number of sulfone groups is 1. The maximum Gasteiger partial charge on any atom is 0.291 e. The molecule has 122 valence electrons. The molecule has 5 nitrogen and oxygen atoms in total. The van der Waals surface area contributed by atoms with Gasteiger partial charge in [0.15, 0.2) is 15.6 Å². The molecule has 1 N–H and O–H groups in total. The predicted molar refractivity (Wildman–Crippen MR) is 90.4 cm³/mol. The third-order valence-electron chi connectivity index (χ3n) is 3.46. The molecule has 6 heteroatoms. The third kappa shape index (κ3) is 3.55. The highest BCUT2D eigenvalue weighted by molar-refractivity contribution is 7.90. The molecule has 0 aliphatic rings. The van der Waals surface area contributed by atoms with Crippen LogP contribution in [0.4, 0.5) is 5.69 Å². The minimum atomic E-state index is -3.50. The van der Waals surface area contributed by atoms with Gasteiger partial charge in [-0.1, -0.05) is 36.4 Å². The second kappa shape index (κ2) is 6.72. The normalized spacial score (nSPS) is 11.2. The first-order valence-electron chi connectivity index (χ1n) is 7.27. The molecule has 0 spiro atoms. The number of rotatable bonds is 5. The molecule has 2 aromatic carbocycles. The summed E-state index contributed by atoms with van der Waals surface area (Å²) in [4.78, 5) is 12.4. The molecule has 0 fully saturated rings. The minimum absolute atomic E-state index is 0.163. The van der Waals surface area contributed by atoms with Crippen LogP contribution in [0.5, 0.6) is 0 Å². The van der Waals surface area contributed by atoms with Crippen molar-refractivity contribution in [2.24, 2.45) is 0 Å². The number of carbonyl (C=O) groups excluding carboxylic acids is 1. The summed E-state index contributed by atoms with van der Waals surface area (Å²) >= 11 is 0. The van der Waals surface area contributed by atoms with Gasteiger partial charge < -0.3 is 9.73 Å². The summed E-state index contributed by atoms with van der Waals surface area (Å²) in [7, 11) is -3.50. The van der Waals surface area contributed by atoms with E-state index in [9.17, 15) is 13.2 Å². The van der Waals surface area contributed by atoms with Crippen molar-refractivity contribution in [3.8, 4) is 0 Å². The Morgan fingerprint density at radius 3 is 2.33 bits per heavy atom. The molecule has 1 aromatic heterocycles. The highest BCUT2D eigenvalue weighted by atomic mass is 32.2. The van der Waals surface area contributed by atoms with E-state index in [1.165, 1.54) is 6.26 Å². The quantitative estimate of drug-likeness (QED) is 0.770. The van der Waals surface area contributed by atoms with Gasteiger partial charge in [0.2, 0.25) is 0 Å². The van der Waals surface area contributed by atoms with Gasteiger partial charge in [-0.05, 0) is 35.9 Å². The second-order valence-corrected chi connectivity index (χ2v) is 7.15. The van der Waals surface area contributed by atoms with Crippen LogP contribution in [0.15, 0.2) is 82.3 Å². The van der Waals surface area contributed by atoms with E-state index in [0.29, 0.717) is 11.3 Å². The maximum atomic E-state index is 12.5. The number of carbonyl (C=O) groups is 1. The molecule has 0 unspecified atom stereocenters. The molecule has 0 radical (unpaired) electrons. The summed E-state index contributed by atoms with van der Waals surface area (Å²) in [6.07, 6.45) is 1.40. The minimum Gasteiger partial charge on any atom is -0.459 e. The first-order chi connectivity index (χ1) is 11.6. The van der Waals surface area contributed by atoms with Crippen molar-refractivity contribution in [3.63, 3.8) is 0 Å². The zero-order chi connectivity index (χ0) is 17.0. The van der Waals surface area contributed by atoms with Crippen molar-refractivity contribution in [2.75, 3.05) is 5.32 Å². The summed E-state index contributed by atoms with van der Waals surface area (Å²) in [5.41, 5.74) is 0.958. The summed E-state index contributed by atoms with van der Waals surface area (Å²) in [5.74, 6) is -0.466. The average molecular weight is 341 g/mol. The van der Waals surface area contributed by atoms with Gasteiger partial charge in [0.05, 0.1) is 16.9 Å². The van der Waals surface area contributed by atoms with E-state index in [1.807, 2.05) is 0 Å². The topological polar surface area (TPSA) is 76.4 Å². The lowest BCUT2D eigenvalue weighted by Gasteiger charge is -2.11. The summed E-state index contributed by atoms with van der Waals surface area (Å²) in [6.45, 7) is 0. The van der Waals surface area contributed by atoms with Gasteiger partial charge in [-0.25, -0.2) is 8.42 Å². The SMILES string of the molecule is O=C(Nc1ccccc1CS(=O)(=O)c1ccccc1)c1ccco1. The molecular weight excluding hydrogens is 326 g/mol. The molecule has 0 aliphatic heterocycles. The van der Waals surface area contributed by atoms with E-state index >= 15 is 0 Å². The van der Waals surface area contributed by atoms with Gasteiger partial charge in [-0.3, -0.25) is 4.79 Å². The fourth-order valence-electron chi connectivity index (χ4n) is 2.28. The van der Waals surface area contributed by atoms with E-state index in [2.05, 4.69) is 5.32 Å². The second-order valence-electron chi connectivity index (χ2n) is 5.16. The monoisotopic (exact) mass is 341 g/mol. The lowest BCUT2D eigenvalue weighted by molar-refractivity contribution is 0.0996. The number of amides is 1. The van der Waals surface area contributed by atoms with Gasteiger partial charge in [-0.2, -0.15) is 0 Å². The van der Waals surface area contributed by atoms with Crippen LogP contribution in [0.25, 0.3) is 0 Å². The molecule has 0 bridgehead atoms. The predicted octanol–water partition coefficient (Wildman–Crippen LogP) is 3.51. The zero-order valence-corrected chi connectivity index (χ0v) is 13.5. The van der Waals surface area contributed by atoms with Gasteiger partial charge in [0.1, 0.15) is 0 Å². The van der Waals surface area contributed by atoms with Crippen LogP contribution in [0.3, 0.4) is 0 Å². The first-order valence-corrected chi connectivity index (χ1v) is 8.92. The molecule has 0 saturated carbocycles. The highest BCUT2D eigenvalue weighted by Gasteiger charge is 2.18. The number of hydrogen-bond acceptors (Lipinski definition) is 4. The molecule has 1 amide bonds. The fraction of sp³-hybridized carbons (Fsp3) is 0.0556. The smallest absolute Gasteiger partial charge is 0.291 e. The average Bonchev–Trinajstić information content (AvgIpc) is 3.12. The van der Waals surface area contributed by atoms with Gasteiger partial charge >= 0.3 is 0 Å². The van der Waals surface area contributed by atoms with Crippen LogP contribution in [0, 0.1) is 0 Å². The van der Waals surface area contributed by atoms with Gasteiger partial charge in [0, 0.05) is 5.69 Å². The number of hydrogen-bond donors (Lipinski definition) is 1. The van der Waals surface area contributed by atoms with E-state index < -0.39 is 15.7 Å². The van der Waals surface area contributed by atoms with Crippen LogP contribution in [-0.2, 0) is 15.6 Å². The Labute approximate surface area is 139 Å². The molecular formula is C18H15NO4S. The maximum absolute atomic E-state index is 12.5. The number of nitrogens with one attached hydrogen (secondary N) is 1. The first kappa shape index (κ1) is 16.0. The van der Waals surface area contributed by atoms with Crippen molar-refractivity contribution in [1.82, 2.24) is 0 Å². The summed E-state index contributed by atoms with van der Waals surface area (Å²) in [5, 5.41) is 2.69. The molecule has 3 aromatic rings. The van der Waals surface area contributed by atoms with Crippen molar-refractivity contribution >= 4 is 21.4 Å². The van der Waals surface area contributed by atoms with Crippen molar-refractivity contribution < 1.29 is 17.6 Å². The largest absolute Gasteiger partial charge is 0.459 e. The Morgan fingerprint density at radius 2 is 1.62 bits per heavy atom. The Hall–Kier alpha value is -2.86. The van der Waals surface area contributed by atoms with E-state index in [1.54, 1.807) is 66.7 Å². The fourth-order valence-corrected chi connectivity index (χ4v) is 3.68. The van der Waals surface area contributed by atoms with Gasteiger partial charge in [-0.15, -0.1) is 0 Å².